The van der Waals surface area contributed by atoms with Crippen LogP contribution in [-0.4, -0.2) is 43.2 Å². The van der Waals surface area contributed by atoms with Gasteiger partial charge in [0.1, 0.15) is 5.78 Å². The summed E-state index contributed by atoms with van der Waals surface area (Å²) in [6, 6.07) is -0.0442. The average Bonchev–Trinajstić information content (AvgIpc) is 2.69. The summed E-state index contributed by atoms with van der Waals surface area (Å²) in [5.41, 5.74) is 0. The monoisotopic (exact) mass is 329 g/mol. The Hall–Kier alpha value is -0.333. The van der Waals surface area contributed by atoms with Gasteiger partial charge in [0.15, 0.2) is 8.32 Å². The largest absolute Gasteiger partial charge is 0.413 e. The number of hydrogen-bond donors (Lipinski definition) is 1. The van der Waals surface area contributed by atoms with Crippen LogP contribution in [0.15, 0.2) is 0 Å². The summed E-state index contributed by atoms with van der Waals surface area (Å²) in [7, 11) is -1.90. The standard InChI is InChI=1S/C15H27NO3SSi/c1-9(19-21(5,6)15(2,3)4)11-12(16-14(11)18)13-10(17)7-8-20-13/h9,11-13H,7-8H2,1-6H3,(H,16,18)/t9-,11-,12+,13-/m1/s1. The second-order valence-corrected chi connectivity index (χ2v) is 13.7. The lowest BCUT2D eigenvalue weighted by atomic mass is 9.82. The van der Waals surface area contributed by atoms with Crippen molar-refractivity contribution in [1.29, 1.82) is 0 Å². The molecular weight excluding hydrogens is 302 g/mol. The van der Waals surface area contributed by atoms with Gasteiger partial charge in [-0.15, -0.1) is 11.8 Å². The Bertz CT molecular complexity index is 447. The van der Waals surface area contributed by atoms with Gasteiger partial charge in [-0.05, 0) is 25.1 Å². The van der Waals surface area contributed by atoms with Crippen molar-refractivity contribution in [2.75, 3.05) is 5.75 Å². The van der Waals surface area contributed by atoms with Crippen LogP contribution in [0.5, 0.6) is 0 Å². The zero-order valence-electron chi connectivity index (χ0n) is 13.9. The summed E-state index contributed by atoms with van der Waals surface area (Å²) in [5.74, 6) is 1.000. The maximum absolute atomic E-state index is 12.0. The van der Waals surface area contributed by atoms with Crippen molar-refractivity contribution in [2.24, 2.45) is 5.92 Å². The van der Waals surface area contributed by atoms with Gasteiger partial charge >= 0.3 is 0 Å². The number of β-lactam (4-membered cyclic amide) rings is 1. The highest BCUT2D eigenvalue weighted by Gasteiger charge is 2.52. The topological polar surface area (TPSA) is 55.4 Å². The second kappa shape index (κ2) is 5.70. The molecule has 0 radical (unpaired) electrons. The van der Waals surface area contributed by atoms with Gasteiger partial charge in [-0.1, -0.05) is 20.8 Å². The molecule has 0 saturated carbocycles. The van der Waals surface area contributed by atoms with Gasteiger partial charge in [-0.2, -0.15) is 0 Å². The Balaban J connectivity index is 2.05. The Morgan fingerprint density at radius 1 is 1.33 bits per heavy atom. The summed E-state index contributed by atoms with van der Waals surface area (Å²) < 4.78 is 6.36. The highest BCUT2D eigenvalue weighted by molar-refractivity contribution is 8.01. The molecule has 2 saturated heterocycles. The third kappa shape index (κ3) is 3.22. The van der Waals surface area contributed by atoms with E-state index in [0.29, 0.717) is 6.42 Å². The van der Waals surface area contributed by atoms with Crippen molar-refractivity contribution in [3.63, 3.8) is 0 Å². The molecule has 0 aromatic rings. The smallest absolute Gasteiger partial charge is 0.228 e. The molecule has 0 spiro atoms. The van der Waals surface area contributed by atoms with E-state index in [1.807, 2.05) is 6.92 Å². The lowest BCUT2D eigenvalue weighted by Gasteiger charge is -2.46. The van der Waals surface area contributed by atoms with E-state index in [0.717, 1.165) is 5.75 Å². The molecule has 0 aromatic carbocycles. The Kier molecular flexibility index (Phi) is 4.62. The molecule has 4 nitrogen and oxygen atoms in total. The minimum atomic E-state index is -1.90. The van der Waals surface area contributed by atoms with Gasteiger partial charge in [0.05, 0.1) is 23.3 Å². The van der Waals surface area contributed by atoms with Crippen LogP contribution >= 0.6 is 11.8 Å². The number of thioether (sulfide) groups is 1. The maximum atomic E-state index is 12.0. The van der Waals surface area contributed by atoms with E-state index in [9.17, 15) is 9.59 Å². The molecule has 6 heteroatoms. The highest BCUT2D eigenvalue weighted by Crippen LogP contribution is 2.40. The molecule has 2 fully saturated rings. The first-order valence-corrected chi connectivity index (χ1v) is 11.6. The lowest BCUT2D eigenvalue weighted by molar-refractivity contribution is -0.140. The van der Waals surface area contributed by atoms with Crippen molar-refractivity contribution in [3.05, 3.63) is 0 Å². The molecule has 1 N–H and O–H groups in total. The van der Waals surface area contributed by atoms with Crippen molar-refractivity contribution >= 4 is 31.8 Å². The van der Waals surface area contributed by atoms with E-state index >= 15 is 0 Å². The molecule has 0 unspecified atom stereocenters. The number of nitrogens with one attached hydrogen (secondary N) is 1. The van der Waals surface area contributed by atoms with Crippen molar-refractivity contribution in [3.8, 4) is 0 Å². The molecule has 2 rings (SSSR count). The normalized spacial score (nSPS) is 31.8. The summed E-state index contributed by atoms with van der Waals surface area (Å²) in [6.45, 7) is 13.0. The van der Waals surface area contributed by atoms with Gasteiger partial charge in [-0.3, -0.25) is 9.59 Å². The maximum Gasteiger partial charge on any atom is 0.228 e. The zero-order valence-corrected chi connectivity index (χ0v) is 15.7. The minimum Gasteiger partial charge on any atom is -0.413 e. The number of carbonyl (C=O) groups excluding carboxylic acids is 2. The number of Topliss-reactive ketones (excluding diaryl/α,β-unsaturated/α-hetero) is 1. The molecule has 2 aliphatic heterocycles. The number of rotatable bonds is 4. The first-order chi connectivity index (χ1) is 9.54. The van der Waals surface area contributed by atoms with Gasteiger partial charge in [-0.25, -0.2) is 0 Å². The Morgan fingerprint density at radius 2 is 1.95 bits per heavy atom. The van der Waals surface area contributed by atoms with Crippen molar-refractivity contribution < 1.29 is 14.0 Å². The van der Waals surface area contributed by atoms with Crippen LogP contribution in [0.3, 0.4) is 0 Å². The summed E-state index contributed by atoms with van der Waals surface area (Å²) >= 11 is 1.67. The first kappa shape index (κ1) is 17.0. The van der Waals surface area contributed by atoms with Gasteiger partial charge in [0.2, 0.25) is 5.91 Å². The van der Waals surface area contributed by atoms with Crippen LogP contribution in [0.25, 0.3) is 0 Å². The lowest BCUT2D eigenvalue weighted by Crippen LogP contribution is -2.67. The van der Waals surface area contributed by atoms with Gasteiger partial charge in [0.25, 0.3) is 0 Å². The molecule has 4 atom stereocenters. The molecule has 21 heavy (non-hydrogen) atoms. The van der Waals surface area contributed by atoms with Crippen LogP contribution < -0.4 is 5.32 Å². The fraction of sp³-hybridized carbons (Fsp3) is 0.867. The fourth-order valence-electron chi connectivity index (χ4n) is 2.73. The van der Waals surface area contributed by atoms with Crippen LogP contribution in [0, 0.1) is 5.92 Å². The first-order valence-electron chi connectivity index (χ1n) is 7.67. The van der Waals surface area contributed by atoms with E-state index in [2.05, 4.69) is 39.2 Å². The van der Waals surface area contributed by atoms with Crippen molar-refractivity contribution in [1.82, 2.24) is 5.32 Å². The Morgan fingerprint density at radius 3 is 2.38 bits per heavy atom. The summed E-state index contributed by atoms with van der Waals surface area (Å²) in [4.78, 5) is 23.9. The van der Waals surface area contributed by atoms with Crippen LogP contribution in [-0.2, 0) is 14.0 Å². The third-order valence-electron chi connectivity index (χ3n) is 5.08. The van der Waals surface area contributed by atoms with Crippen molar-refractivity contribution in [2.45, 2.75) is 69.6 Å². The molecular formula is C15H27NO3SSi. The van der Waals surface area contributed by atoms with Gasteiger partial charge < -0.3 is 9.74 Å². The van der Waals surface area contributed by atoms with E-state index in [4.69, 9.17) is 4.43 Å². The quantitative estimate of drug-likeness (QED) is 0.636. The van der Waals surface area contributed by atoms with E-state index in [1.54, 1.807) is 11.8 Å². The second-order valence-electron chi connectivity index (χ2n) is 7.65. The van der Waals surface area contributed by atoms with E-state index < -0.39 is 8.32 Å². The molecule has 120 valence electrons. The van der Waals surface area contributed by atoms with Crippen LogP contribution in [0.2, 0.25) is 18.1 Å². The van der Waals surface area contributed by atoms with E-state index in [-0.39, 0.29) is 40.0 Å². The third-order valence-corrected chi connectivity index (χ3v) is 11.0. The summed E-state index contributed by atoms with van der Waals surface area (Å²) in [5, 5.41) is 2.97. The number of carbonyl (C=O) groups is 2. The SMILES string of the molecule is C[C@@H](O[Si](C)(C)C(C)(C)C)[C@H]1C(=O)N[C@@H]1[C@@H]1SCCC1=O. The van der Waals surface area contributed by atoms with E-state index in [1.165, 1.54) is 0 Å². The average molecular weight is 330 g/mol. The zero-order chi connectivity index (χ0) is 16.0. The van der Waals surface area contributed by atoms with Gasteiger partial charge in [0, 0.05) is 12.2 Å². The number of hydrogen-bond acceptors (Lipinski definition) is 4. The predicted molar refractivity (Wildman–Crippen MR) is 89.0 cm³/mol. The molecule has 1 amide bonds. The molecule has 2 aliphatic rings. The molecule has 0 aromatic heterocycles. The molecule has 0 bridgehead atoms. The Labute approximate surface area is 132 Å². The van der Waals surface area contributed by atoms with Crippen LogP contribution in [0.4, 0.5) is 0 Å². The van der Waals surface area contributed by atoms with Crippen LogP contribution in [0.1, 0.15) is 34.1 Å². The molecule has 2 heterocycles. The number of amides is 1. The predicted octanol–water partition coefficient (Wildman–Crippen LogP) is 2.59. The highest BCUT2D eigenvalue weighted by atomic mass is 32.2. The fourth-order valence-corrected chi connectivity index (χ4v) is 5.48. The molecule has 0 aliphatic carbocycles. The number of ketones is 1. The summed E-state index contributed by atoms with van der Waals surface area (Å²) in [6.07, 6.45) is 0.505. The minimum absolute atomic E-state index is 0.0338.